The van der Waals surface area contributed by atoms with E-state index in [1.165, 1.54) is 5.56 Å². The molecule has 5 nitrogen and oxygen atoms in total. The lowest BCUT2D eigenvalue weighted by molar-refractivity contribution is -0.885. The quantitative estimate of drug-likeness (QED) is 0.871. The van der Waals surface area contributed by atoms with Gasteiger partial charge in [-0.2, -0.15) is 11.3 Å². The van der Waals surface area contributed by atoms with Gasteiger partial charge in [-0.25, -0.2) is 0 Å². The molecule has 2 N–H and O–H groups in total. The van der Waals surface area contributed by atoms with Crippen molar-refractivity contribution in [1.29, 1.82) is 0 Å². The summed E-state index contributed by atoms with van der Waals surface area (Å²) in [5.74, 6) is 1.38. The van der Waals surface area contributed by atoms with Crippen LogP contribution >= 0.6 is 11.3 Å². The van der Waals surface area contributed by atoms with Crippen LogP contribution in [0, 0.1) is 0 Å². The number of benzene rings is 1. The molecule has 1 atom stereocenters. The molecule has 0 aliphatic carbocycles. The van der Waals surface area contributed by atoms with Crippen molar-refractivity contribution < 1.29 is 19.2 Å². The summed E-state index contributed by atoms with van der Waals surface area (Å²) >= 11 is 1.67. The molecule has 0 bridgehead atoms. The zero-order valence-electron chi connectivity index (χ0n) is 11.7. The Balaban J connectivity index is 1.54. The molecule has 2 heterocycles. The van der Waals surface area contributed by atoms with E-state index in [9.17, 15) is 4.79 Å². The molecule has 0 saturated heterocycles. The molecule has 1 unspecified atom stereocenters. The second kappa shape index (κ2) is 6.15. The van der Waals surface area contributed by atoms with E-state index >= 15 is 0 Å². The minimum absolute atomic E-state index is 0.0124. The van der Waals surface area contributed by atoms with Crippen LogP contribution in [0.4, 0.5) is 5.69 Å². The molecule has 1 aliphatic rings. The van der Waals surface area contributed by atoms with E-state index in [-0.39, 0.29) is 12.7 Å². The minimum Gasteiger partial charge on any atom is -0.454 e. The lowest BCUT2D eigenvalue weighted by atomic mass is 10.2. The van der Waals surface area contributed by atoms with Gasteiger partial charge in [-0.05, 0) is 29.0 Å². The van der Waals surface area contributed by atoms with E-state index in [1.54, 1.807) is 23.5 Å². The molecule has 1 aromatic heterocycles. The first-order valence-electron chi connectivity index (χ1n) is 6.72. The van der Waals surface area contributed by atoms with Crippen molar-refractivity contribution in [1.82, 2.24) is 0 Å². The summed E-state index contributed by atoms with van der Waals surface area (Å²) in [7, 11) is 2.01. The van der Waals surface area contributed by atoms with Crippen LogP contribution in [0.1, 0.15) is 5.56 Å². The van der Waals surface area contributed by atoms with Gasteiger partial charge >= 0.3 is 0 Å². The first-order valence-corrected chi connectivity index (χ1v) is 7.67. The fourth-order valence-corrected chi connectivity index (χ4v) is 2.93. The molecule has 0 saturated carbocycles. The van der Waals surface area contributed by atoms with Crippen molar-refractivity contribution in [2.24, 2.45) is 0 Å². The van der Waals surface area contributed by atoms with Gasteiger partial charge in [-0.15, -0.1) is 0 Å². The third-order valence-electron chi connectivity index (χ3n) is 3.20. The predicted octanol–water partition coefficient (Wildman–Crippen LogP) is 1.13. The smallest absolute Gasteiger partial charge is 0.279 e. The highest BCUT2D eigenvalue weighted by Gasteiger charge is 2.15. The molecule has 6 heteroatoms. The number of quaternary nitrogens is 1. The van der Waals surface area contributed by atoms with Crippen LogP contribution in [-0.4, -0.2) is 26.3 Å². The third kappa shape index (κ3) is 3.53. The molecular weight excluding hydrogens is 288 g/mol. The third-order valence-corrected chi connectivity index (χ3v) is 3.94. The predicted molar refractivity (Wildman–Crippen MR) is 81.0 cm³/mol. The number of carbonyl (C=O) groups excluding carboxylic acids is 1. The fraction of sp³-hybridized carbons (Fsp3) is 0.267. The minimum atomic E-state index is -0.0124. The van der Waals surface area contributed by atoms with Crippen LogP contribution in [0.15, 0.2) is 35.0 Å². The van der Waals surface area contributed by atoms with Crippen LogP contribution in [0.2, 0.25) is 0 Å². The highest BCUT2D eigenvalue weighted by Crippen LogP contribution is 2.34. The van der Waals surface area contributed by atoms with Crippen molar-refractivity contribution in [3.8, 4) is 11.5 Å². The average Bonchev–Trinajstić information content (AvgIpc) is 3.08. The van der Waals surface area contributed by atoms with Gasteiger partial charge in [0.25, 0.3) is 5.91 Å². The van der Waals surface area contributed by atoms with E-state index in [4.69, 9.17) is 9.47 Å². The Hall–Kier alpha value is -2.05. The number of rotatable bonds is 5. The normalized spacial score (nSPS) is 14.0. The lowest BCUT2D eigenvalue weighted by Crippen LogP contribution is -3.08. The summed E-state index contributed by atoms with van der Waals surface area (Å²) in [5.41, 5.74) is 1.99. The van der Waals surface area contributed by atoms with E-state index in [1.807, 2.05) is 13.1 Å². The number of carbonyl (C=O) groups is 1. The second-order valence-corrected chi connectivity index (χ2v) is 5.84. The van der Waals surface area contributed by atoms with Crippen molar-refractivity contribution in [3.05, 3.63) is 40.6 Å². The van der Waals surface area contributed by atoms with Crippen LogP contribution < -0.4 is 19.7 Å². The monoisotopic (exact) mass is 305 g/mol. The number of ether oxygens (including phenoxy) is 2. The summed E-state index contributed by atoms with van der Waals surface area (Å²) in [6.07, 6.45) is 0. The molecule has 0 spiro atoms. The molecule has 0 fully saturated rings. The standard InChI is InChI=1S/C15H16N2O3S/c1-17(7-11-4-5-21-9-11)8-15(18)16-12-2-3-13-14(6-12)20-10-19-13/h2-6,9H,7-8,10H2,1H3,(H,16,18)/p+1. The highest BCUT2D eigenvalue weighted by molar-refractivity contribution is 7.07. The first kappa shape index (κ1) is 13.9. The van der Waals surface area contributed by atoms with Crippen LogP contribution in [-0.2, 0) is 11.3 Å². The first-order chi connectivity index (χ1) is 10.2. The molecule has 0 radical (unpaired) electrons. The number of amides is 1. The van der Waals surface area contributed by atoms with E-state index < -0.39 is 0 Å². The lowest BCUT2D eigenvalue weighted by Gasteiger charge is -2.13. The van der Waals surface area contributed by atoms with Gasteiger partial charge < -0.3 is 19.7 Å². The Bertz CT molecular complexity index is 628. The van der Waals surface area contributed by atoms with Crippen LogP contribution in [0.5, 0.6) is 11.5 Å². The highest BCUT2D eigenvalue weighted by atomic mass is 32.1. The van der Waals surface area contributed by atoms with Crippen molar-refractivity contribution >= 4 is 22.9 Å². The van der Waals surface area contributed by atoms with E-state index in [0.29, 0.717) is 18.0 Å². The maximum absolute atomic E-state index is 12.1. The number of hydrogen-bond acceptors (Lipinski definition) is 4. The van der Waals surface area contributed by atoms with Gasteiger partial charge in [-0.3, -0.25) is 4.79 Å². The molecule has 3 rings (SSSR count). The van der Waals surface area contributed by atoms with E-state index in [2.05, 4.69) is 22.1 Å². The Labute approximate surface area is 127 Å². The summed E-state index contributed by atoms with van der Waals surface area (Å²) in [6, 6.07) is 7.50. The van der Waals surface area contributed by atoms with Crippen molar-refractivity contribution in [2.75, 3.05) is 25.7 Å². The van der Waals surface area contributed by atoms with E-state index in [0.717, 1.165) is 17.1 Å². The van der Waals surface area contributed by atoms with Gasteiger partial charge in [0.05, 0.1) is 7.05 Å². The van der Waals surface area contributed by atoms with Crippen LogP contribution in [0.3, 0.4) is 0 Å². The van der Waals surface area contributed by atoms with Gasteiger partial charge in [-0.1, -0.05) is 0 Å². The summed E-state index contributed by atoms with van der Waals surface area (Å²) in [4.78, 5) is 13.2. The summed E-state index contributed by atoms with van der Waals surface area (Å²) in [6.45, 7) is 1.50. The molecule has 21 heavy (non-hydrogen) atoms. The number of fused-ring (bicyclic) bond motifs is 1. The van der Waals surface area contributed by atoms with Gasteiger partial charge in [0.15, 0.2) is 18.0 Å². The topological polar surface area (TPSA) is 52.0 Å². The Morgan fingerprint density at radius 3 is 3.00 bits per heavy atom. The largest absolute Gasteiger partial charge is 0.454 e. The summed E-state index contributed by atoms with van der Waals surface area (Å²) < 4.78 is 10.5. The number of likely N-dealkylation sites (N-methyl/N-ethyl adjacent to an activating group) is 1. The second-order valence-electron chi connectivity index (χ2n) is 5.06. The SMILES string of the molecule is C[NH+](CC(=O)Nc1ccc2c(c1)OCO2)Cc1ccsc1. The Morgan fingerprint density at radius 2 is 2.19 bits per heavy atom. The maximum atomic E-state index is 12.1. The fourth-order valence-electron chi connectivity index (χ4n) is 2.26. The Morgan fingerprint density at radius 1 is 1.33 bits per heavy atom. The zero-order chi connectivity index (χ0) is 14.7. The number of nitrogens with one attached hydrogen (secondary N) is 2. The number of thiophene rings is 1. The van der Waals surface area contributed by atoms with Crippen molar-refractivity contribution in [3.63, 3.8) is 0 Å². The van der Waals surface area contributed by atoms with Crippen LogP contribution in [0.25, 0.3) is 0 Å². The van der Waals surface area contributed by atoms with Gasteiger partial charge in [0.1, 0.15) is 6.54 Å². The van der Waals surface area contributed by atoms with Gasteiger partial charge in [0.2, 0.25) is 6.79 Å². The molecule has 1 amide bonds. The molecule has 2 aromatic rings. The molecular formula is C15H17N2O3S+. The molecule has 1 aromatic carbocycles. The number of anilines is 1. The zero-order valence-corrected chi connectivity index (χ0v) is 12.5. The Kier molecular flexibility index (Phi) is 4.08. The maximum Gasteiger partial charge on any atom is 0.279 e. The summed E-state index contributed by atoms with van der Waals surface area (Å²) in [5, 5.41) is 7.05. The average molecular weight is 305 g/mol. The molecule has 1 aliphatic heterocycles. The van der Waals surface area contributed by atoms with Gasteiger partial charge in [0, 0.05) is 17.3 Å². The van der Waals surface area contributed by atoms with Crippen molar-refractivity contribution in [2.45, 2.75) is 6.54 Å². The molecule has 110 valence electrons. The number of hydrogen-bond donors (Lipinski definition) is 2.